The second-order valence-corrected chi connectivity index (χ2v) is 8.28. The van der Waals surface area contributed by atoms with Gasteiger partial charge in [0, 0.05) is 36.1 Å². The van der Waals surface area contributed by atoms with E-state index in [4.69, 9.17) is 51.1 Å². The minimum Gasteiger partial charge on any atom is -0.489 e. The lowest BCUT2D eigenvalue weighted by Gasteiger charge is -2.23. The van der Waals surface area contributed by atoms with Crippen LogP contribution >= 0.6 is 46.4 Å². The number of hydrogen-bond acceptors (Lipinski definition) is 5. The van der Waals surface area contributed by atoms with Crippen LogP contribution in [0, 0.1) is 10.1 Å². The van der Waals surface area contributed by atoms with E-state index in [0.717, 1.165) is 0 Å². The lowest BCUT2D eigenvalue weighted by molar-refractivity contribution is -0.384. The van der Waals surface area contributed by atoms with Gasteiger partial charge < -0.3 is 9.64 Å². The van der Waals surface area contributed by atoms with Gasteiger partial charge in [-0.3, -0.25) is 19.9 Å². The fourth-order valence-electron chi connectivity index (χ4n) is 2.83. The number of nitrogens with zero attached hydrogens (tertiary/aromatic N) is 3. The quantitative estimate of drug-likeness (QED) is 0.259. The summed E-state index contributed by atoms with van der Waals surface area (Å²) in [6.07, 6.45) is 2.83. The second-order valence-electron chi connectivity index (χ2n) is 6.59. The Kier molecular flexibility index (Phi) is 8.15. The molecular weight excluding hydrogens is 500 g/mol. The summed E-state index contributed by atoms with van der Waals surface area (Å²) >= 11 is 24.2. The summed E-state index contributed by atoms with van der Waals surface area (Å²) in [4.78, 5) is 28.9. The molecule has 0 saturated heterocycles. The number of carbonyl (C=O) groups is 1. The fourth-order valence-corrected chi connectivity index (χ4v) is 3.93. The zero-order chi connectivity index (χ0) is 23.3. The Morgan fingerprint density at radius 3 is 2.25 bits per heavy atom. The normalized spacial score (nSPS) is 10.6. The minimum absolute atomic E-state index is 0.0407. The first-order chi connectivity index (χ1) is 15.2. The number of amides is 1. The summed E-state index contributed by atoms with van der Waals surface area (Å²) in [5, 5.41) is 12.1. The van der Waals surface area contributed by atoms with Gasteiger partial charge in [0.15, 0.2) is 5.75 Å². The molecule has 0 aliphatic heterocycles. The first-order valence-electron chi connectivity index (χ1n) is 9.15. The van der Waals surface area contributed by atoms with E-state index in [-0.39, 0.29) is 47.1 Å². The van der Waals surface area contributed by atoms with Crippen LogP contribution in [-0.2, 0) is 6.54 Å². The Hall–Kier alpha value is -2.58. The van der Waals surface area contributed by atoms with E-state index in [1.54, 1.807) is 12.1 Å². The summed E-state index contributed by atoms with van der Waals surface area (Å²) in [7, 11) is 0. The minimum atomic E-state index is -0.488. The van der Waals surface area contributed by atoms with Gasteiger partial charge in [-0.15, -0.1) is 0 Å². The molecule has 0 radical (unpaired) electrons. The lowest BCUT2D eigenvalue weighted by atomic mass is 10.1. The molecule has 7 nitrogen and oxygen atoms in total. The van der Waals surface area contributed by atoms with E-state index in [1.165, 1.54) is 47.6 Å². The predicted molar refractivity (Wildman–Crippen MR) is 124 cm³/mol. The van der Waals surface area contributed by atoms with Crippen molar-refractivity contribution in [2.24, 2.45) is 0 Å². The molecule has 1 aromatic heterocycles. The van der Waals surface area contributed by atoms with Crippen molar-refractivity contribution in [3.63, 3.8) is 0 Å². The van der Waals surface area contributed by atoms with Crippen molar-refractivity contribution in [3.05, 3.63) is 96.2 Å². The van der Waals surface area contributed by atoms with Gasteiger partial charge in [-0.05, 0) is 23.8 Å². The number of carbonyl (C=O) groups excluding carboxylic acids is 1. The van der Waals surface area contributed by atoms with E-state index >= 15 is 0 Å². The number of rotatable bonds is 8. The van der Waals surface area contributed by atoms with Crippen LogP contribution in [0.5, 0.6) is 5.75 Å². The topological polar surface area (TPSA) is 85.6 Å². The van der Waals surface area contributed by atoms with E-state index in [1.807, 2.05) is 0 Å². The van der Waals surface area contributed by atoms with Gasteiger partial charge in [0.05, 0.1) is 32.1 Å². The van der Waals surface area contributed by atoms with Gasteiger partial charge in [-0.2, -0.15) is 0 Å². The highest BCUT2D eigenvalue weighted by Gasteiger charge is 2.19. The molecule has 32 heavy (non-hydrogen) atoms. The zero-order valence-corrected chi connectivity index (χ0v) is 19.3. The average Bonchev–Trinajstić information content (AvgIpc) is 2.74. The number of hydrogen-bond donors (Lipinski definition) is 0. The number of non-ortho nitro benzene ring substituents is 1. The summed E-state index contributed by atoms with van der Waals surface area (Å²) in [6.45, 7) is 0.417. The van der Waals surface area contributed by atoms with Gasteiger partial charge in [0.1, 0.15) is 6.61 Å². The van der Waals surface area contributed by atoms with E-state index in [9.17, 15) is 14.9 Å². The number of halogens is 4. The van der Waals surface area contributed by atoms with Crippen molar-refractivity contribution < 1.29 is 14.5 Å². The third-order valence-corrected chi connectivity index (χ3v) is 5.32. The molecule has 0 atom stereocenters. The molecule has 3 rings (SSSR count). The summed E-state index contributed by atoms with van der Waals surface area (Å²) in [5.74, 6) is -0.0832. The molecule has 3 aromatic rings. The van der Waals surface area contributed by atoms with Crippen LogP contribution in [0.4, 0.5) is 5.69 Å². The molecule has 1 amide bonds. The Morgan fingerprint density at radius 2 is 1.66 bits per heavy atom. The number of nitro benzene ring substituents is 1. The lowest BCUT2D eigenvalue weighted by Crippen LogP contribution is -2.34. The zero-order valence-electron chi connectivity index (χ0n) is 16.3. The number of pyridine rings is 1. The molecule has 0 bridgehead atoms. The number of ether oxygens (including phenoxy) is 1. The molecule has 0 spiro atoms. The van der Waals surface area contributed by atoms with Gasteiger partial charge in [-0.25, -0.2) is 0 Å². The van der Waals surface area contributed by atoms with Crippen LogP contribution in [0.1, 0.15) is 15.9 Å². The maximum Gasteiger partial charge on any atom is 0.269 e. The SMILES string of the molecule is O=C(c1cncc(Cl)c1)N(CCOc1c(Cl)cc(Cl)cc1Cl)Cc1ccc([N+](=O)[O-])cc1. The van der Waals surface area contributed by atoms with Crippen LogP contribution in [0.25, 0.3) is 0 Å². The molecule has 0 aliphatic rings. The van der Waals surface area contributed by atoms with Crippen molar-refractivity contribution in [3.8, 4) is 5.75 Å². The van der Waals surface area contributed by atoms with Crippen LogP contribution in [0.3, 0.4) is 0 Å². The van der Waals surface area contributed by atoms with E-state index in [0.29, 0.717) is 21.2 Å². The van der Waals surface area contributed by atoms with Gasteiger partial charge in [0.2, 0.25) is 0 Å². The Morgan fingerprint density at radius 1 is 1.00 bits per heavy atom. The van der Waals surface area contributed by atoms with Gasteiger partial charge >= 0.3 is 0 Å². The third kappa shape index (κ3) is 6.23. The highest BCUT2D eigenvalue weighted by atomic mass is 35.5. The van der Waals surface area contributed by atoms with Crippen LogP contribution in [0.15, 0.2) is 54.9 Å². The van der Waals surface area contributed by atoms with E-state index in [2.05, 4.69) is 4.98 Å². The summed E-state index contributed by atoms with van der Waals surface area (Å²) in [6, 6.07) is 10.4. The van der Waals surface area contributed by atoms with E-state index < -0.39 is 4.92 Å². The highest BCUT2D eigenvalue weighted by molar-refractivity contribution is 6.40. The third-order valence-electron chi connectivity index (χ3n) is 4.33. The van der Waals surface area contributed by atoms with Gasteiger partial charge in [0.25, 0.3) is 11.6 Å². The van der Waals surface area contributed by atoms with Crippen molar-refractivity contribution in [2.75, 3.05) is 13.2 Å². The Bertz CT molecular complexity index is 1120. The Labute approximate surface area is 203 Å². The molecule has 0 saturated carbocycles. The molecule has 2 aromatic carbocycles. The maximum absolute atomic E-state index is 13.1. The first-order valence-corrected chi connectivity index (χ1v) is 10.7. The van der Waals surface area contributed by atoms with Crippen LogP contribution in [0.2, 0.25) is 20.1 Å². The molecule has 166 valence electrons. The molecule has 0 fully saturated rings. The smallest absolute Gasteiger partial charge is 0.269 e. The highest BCUT2D eigenvalue weighted by Crippen LogP contribution is 2.35. The second kappa shape index (κ2) is 10.8. The molecule has 0 N–H and O–H groups in total. The van der Waals surface area contributed by atoms with Crippen molar-refractivity contribution in [1.82, 2.24) is 9.88 Å². The molecule has 0 aliphatic carbocycles. The van der Waals surface area contributed by atoms with Crippen molar-refractivity contribution in [1.29, 1.82) is 0 Å². The number of nitro groups is 1. The molecule has 0 unspecified atom stereocenters. The predicted octanol–water partition coefficient (Wildman–Crippen LogP) is 6.32. The summed E-state index contributed by atoms with van der Waals surface area (Å²) < 4.78 is 5.70. The number of aromatic nitrogens is 1. The standard InChI is InChI=1S/C21H15Cl4N3O4/c22-15-8-18(24)20(19(25)9-15)32-6-5-27(21(29)14-7-16(23)11-26-10-14)12-13-1-3-17(4-2-13)28(30)31/h1-4,7-11H,5-6,12H2. The van der Waals surface area contributed by atoms with Crippen molar-refractivity contribution in [2.45, 2.75) is 6.54 Å². The van der Waals surface area contributed by atoms with Crippen LogP contribution in [-0.4, -0.2) is 33.9 Å². The average molecular weight is 515 g/mol. The fraction of sp³-hybridized carbons (Fsp3) is 0.143. The largest absolute Gasteiger partial charge is 0.489 e. The van der Waals surface area contributed by atoms with Gasteiger partial charge in [-0.1, -0.05) is 58.5 Å². The summed E-state index contributed by atoms with van der Waals surface area (Å²) in [5.41, 5.74) is 0.949. The number of benzene rings is 2. The van der Waals surface area contributed by atoms with Crippen LogP contribution < -0.4 is 4.74 Å². The Balaban J connectivity index is 1.78. The maximum atomic E-state index is 13.1. The van der Waals surface area contributed by atoms with Crippen molar-refractivity contribution >= 4 is 58.0 Å². The monoisotopic (exact) mass is 513 g/mol. The molecular formula is C21H15Cl4N3O4. The first kappa shape index (κ1) is 24.1. The molecule has 11 heteroatoms. The molecule has 1 heterocycles.